The zero-order valence-electron chi connectivity index (χ0n) is 16.4. The lowest BCUT2D eigenvalue weighted by atomic mass is 9.49. The van der Waals surface area contributed by atoms with Crippen LogP contribution in [0.3, 0.4) is 0 Å². The largest absolute Gasteiger partial charge is 0.462 e. The molecular weight excluding hydrogens is 344 g/mol. The molecule has 0 aromatic carbocycles. The van der Waals surface area contributed by atoms with E-state index in [1.165, 1.54) is 13.8 Å². The highest BCUT2D eigenvalue weighted by Gasteiger charge is 2.63. The molecule has 0 radical (unpaired) electrons. The van der Waals surface area contributed by atoms with Gasteiger partial charge in [-0.2, -0.15) is 0 Å². The molecule has 5 nitrogen and oxygen atoms in total. The molecule has 148 valence electrons. The summed E-state index contributed by atoms with van der Waals surface area (Å²) in [5.74, 6) is 0.966. The Labute approximate surface area is 160 Å². The lowest BCUT2D eigenvalue weighted by Gasteiger charge is -2.58. The number of carbonyl (C=O) groups is 2. The van der Waals surface area contributed by atoms with Crippen LogP contribution < -0.4 is 0 Å². The van der Waals surface area contributed by atoms with E-state index >= 15 is 0 Å². The smallest absolute Gasteiger partial charge is 0.308 e. The average molecular weight is 374 g/mol. The van der Waals surface area contributed by atoms with Gasteiger partial charge >= 0.3 is 11.9 Å². The molecule has 0 aromatic heterocycles. The maximum atomic E-state index is 11.8. The van der Waals surface area contributed by atoms with Gasteiger partial charge in [-0.3, -0.25) is 9.59 Å². The number of esters is 2. The van der Waals surface area contributed by atoms with Gasteiger partial charge in [0.15, 0.2) is 0 Å². The summed E-state index contributed by atoms with van der Waals surface area (Å²) in [6.45, 7) is 5.15. The molecular formula is C22H30O5. The van der Waals surface area contributed by atoms with Gasteiger partial charge in [0, 0.05) is 25.2 Å². The van der Waals surface area contributed by atoms with Crippen molar-refractivity contribution in [2.75, 3.05) is 0 Å². The van der Waals surface area contributed by atoms with E-state index in [1.54, 1.807) is 0 Å². The molecule has 2 unspecified atom stereocenters. The molecule has 0 saturated heterocycles. The van der Waals surface area contributed by atoms with Crippen molar-refractivity contribution in [2.24, 2.45) is 29.1 Å². The topological polar surface area (TPSA) is 72.8 Å². The molecule has 1 N–H and O–H groups in total. The maximum absolute atomic E-state index is 11.8. The van der Waals surface area contributed by atoms with Crippen LogP contribution in [0.4, 0.5) is 0 Å². The third-order valence-electron chi connectivity index (χ3n) is 7.78. The van der Waals surface area contributed by atoms with Gasteiger partial charge in [0.25, 0.3) is 0 Å². The van der Waals surface area contributed by atoms with Crippen molar-refractivity contribution < 1.29 is 24.2 Å². The predicted octanol–water partition coefficient (Wildman–Crippen LogP) is 3.52. The van der Waals surface area contributed by atoms with Crippen molar-refractivity contribution in [1.29, 1.82) is 0 Å². The van der Waals surface area contributed by atoms with E-state index in [1.807, 2.05) is 12.2 Å². The van der Waals surface area contributed by atoms with Crippen molar-refractivity contribution in [3.05, 3.63) is 24.0 Å². The minimum atomic E-state index is -0.729. The molecule has 27 heavy (non-hydrogen) atoms. The first-order chi connectivity index (χ1) is 12.7. The zero-order chi connectivity index (χ0) is 19.4. The van der Waals surface area contributed by atoms with Crippen LogP contribution in [0.25, 0.3) is 0 Å². The Bertz CT molecular complexity index is 709. The lowest BCUT2D eigenvalue weighted by Crippen LogP contribution is -2.59. The van der Waals surface area contributed by atoms with E-state index < -0.39 is 5.60 Å². The number of fused-ring (bicyclic) bond motifs is 5. The van der Waals surface area contributed by atoms with Crippen LogP contribution in [0.15, 0.2) is 24.0 Å². The minimum absolute atomic E-state index is 0.0281. The summed E-state index contributed by atoms with van der Waals surface area (Å²) < 4.78 is 10.9. The fourth-order valence-corrected chi connectivity index (χ4v) is 6.62. The summed E-state index contributed by atoms with van der Waals surface area (Å²) in [6.07, 6.45) is 11.3. The highest BCUT2D eigenvalue weighted by atomic mass is 16.5. The van der Waals surface area contributed by atoms with Gasteiger partial charge < -0.3 is 14.6 Å². The van der Waals surface area contributed by atoms with E-state index in [2.05, 4.69) is 13.0 Å². The number of carbonyl (C=O) groups excluding carboxylic acids is 2. The molecule has 4 rings (SSSR count). The van der Waals surface area contributed by atoms with Gasteiger partial charge in [0.2, 0.25) is 0 Å². The van der Waals surface area contributed by atoms with Crippen LogP contribution in [0.1, 0.15) is 59.3 Å². The molecule has 0 aliphatic heterocycles. The summed E-state index contributed by atoms with van der Waals surface area (Å²) in [5.41, 5.74) is -0.764. The van der Waals surface area contributed by atoms with Crippen molar-refractivity contribution in [3.8, 4) is 0 Å². The summed E-state index contributed by atoms with van der Waals surface area (Å²) in [5, 5.41) is 11.8. The van der Waals surface area contributed by atoms with Gasteiger partial charge in [0.1, 0.15) is 11.9 Å². The Kier molecular flexibility index (Phi) is 4.49. The highest BCUT2D eigenvalue weighted by Crippen LogP contribution is 2.63. The normalized spacial score (nSPS) is 45.2. The van der Waals surface area contributed by atoms with E-state index in [4.69, 9.17) is 9.47 Å². The second-order valence-electron chi connectivity index (χ2n) is 9.17. The summed E-state index contributed by atoms with van der Waals surface area (Å²) in [6, 6.07) is 0. The number of rotatable bonds is 2. The van der Waals surface area contributed by atoms with E-state index in [0.29, 0.717) is 11.7 Å². The zero-order valence-corrected chi connectivity index (χ0v) is 16.4. The monoisotopic (exact) mass is 374 g/mol. The Morgan fingerprint density at radius 3 is 2.52 bits per heavy atom. The van der Waals surface area contributed by atoms with Gasteiger partial charge in [0.05, 0.1) is 5.60 Å². The Morgan fingerprint density at radius 2 is 1.81 bits per heavy atom. The molecule has 0 aromatic rings. The molecule has 4 aliphatic rings. The first kappa shape index (κ1) is 18.7. The van der Waals surface area contributed by atoms with Gasteiger partial charge in [-0.25, -0.2) is 0 Å². The van der Waals surface area contributed by atoms with E-state index in [0.717, 1.165) is 38.5 Å². The number of aliphatic hydroxyl groups is 1. The van der Waals surface area contributed by atoms with Gasteiger partial charge in [-0.05, 0) is 68.4 Å². The van der Waals surface area contributed by atoms with Crippen molar-refractivity contribution in [3.63, 3.8) is 0 Å². The van der Waals surface area contributed by atoms with Crippen molar-refractivity contribution in [2.45, 2.75) is 71.0 Å². The third kappa shape index (κ3) is 2.95. The highest BCUT2D eigenvalue weighted by molar-refractivity contribution is 5.68. The number of hydrogen-bond donors (Lipinski definition) is 1. The number of allylic oxidation sites excluding steroid dienone is 2. The number of ether oxygens (including phenoxy) is 2. The summed E-state index contributed by atoms with van der Waals surface area (Å²) in [7, 11) is 0. The molecule has 3 fully saturated rings. The van der Waals surface area contributed by atoms with Crippen LogP contribution in [-0.2, 0) is 19.1 Å². The van der Waals surface area contributed by atoms with Crippen molar-refractivity contribution in [1.82, 2.24) is 0 Å². The predicted molar refractivity (Wildman–Crippen MR) is 99.3 cm³/mol. The van der Waals surface area contributed by atoms with Gasteiger partial charge in [-0.15, -0.1) is 0 Å². The average Bonchev–Trinajstić information content (AvgIpc) is 2.90. The first-order valence-corrected chi connectivity index (χ1v) is 10.2. The number of hydrogen-bond acceptors (Lipinski definition) is 5. The second kappa shape index (κ2) is 6.47. The molecule has 0 spiro atoms. The van der Waals surface area contributed by atoms with Crippen molar-refractivity contribution >= 4 is 11.9 Å². The summed E-state index contributed by atoms with van der Waals surface area (Å²) in [4.78, 5) is 22.8. The molecule has 0 amide bonds. The first-order valence-electron chi connectivity index (χ1n) is 10.2. The Morgan fingerprint density at radius 1 is 1.07 bits per heavy atom. The fraction of sp³-hybridized carbons (Fsp3) is 0.727. The lowest BCUT2D eigenvalue weighted by molar-refractivity contribution is -0.183. The molecule has 7 atom stereocenters. The molecule has 0 heterocycles. The fourth-order valence-electron chi connectivity index (χ4n) is 6.62. The Hall–Kier alpha value is -1.62. The van der Waals surface area contributed by atoms with E-state index in [-0.39, 0.29) is 41.2 Å². The van der Waals surface area contributed by atoms with Crippen LogP contribution in [-0.4, -0.2) is 28.8 Å². The Balaban J connectivity index is 1.57. The molecule has 5 heteroatoms. The second-order valence-corrected chi connectivity index (χ2v) is 9.17. The summed E-state index contributed by atoms with van der Waals surface area (Å²) >= 11 is 0. The maximum Gasteiger partial charge on any atom is 0.308 e. The molecule has 0 bridgehead atoms. The van der Waals surface area contributed by atoms with Crippen LogP contribution in [0.2, 0.25) is 0 Å². The molecule has 3 saturated carbocycles. The third-order valence-corrected chi connectivity index (χ3v) is 7.78. The van der Waals surface area contributed by atoms with Crippen LogP contribution in [0.5, 0.6) is 0 Å². The molecule has 4 aliphatic carbocycles. The minimum Gasteiger partial charge on any atom is -0.462 e. The van der Waals surface area contributed by atoms with Crippen LogP contribution >= 0.6 is 0 Å². The SMILES string of the molecule is CC(=O)OC1=CC2CC[C@H]3[C@@H]4CC[C@H](OC(C)=O)[C@@]4(C)CC[C@]3(O)C2C=C1. The van der Waals surface area contributed by atoms with Gasteiger partial charge in [-0.1, -0.05) is 13.0 Å². The van der Waals surface area contributed by atoms with E-state index in [9.17, 15) is 14.7 Å². The standard InChI is InChI=1S/C22H30O5/c1-13(23)26-16-5-7-17-15(12-16)4-6-19-18-8-9-20(27-14(2)24)21(18,3)10-11-22(17,19)25/h5,7,12,15,17-20,25H,4,6,8-11H2,1-3H3/t15?,17?,18-,19-,20-,21-,22-/m0/s1. The quantitative estimate of drug-likeness (QED) is 0.749. The van der Waals surface area contributed by atoms with Crippen LogP contribution in [0, 0.1) is 29.1 Å².